The van der Waals surface area contributed by atoms with Crippen molar-refractivity contribution >= 4 is 11.4 Å². The molecule has 0 heterocycles. The minimum atomic E-state index is 0.642. The topological polar surface area (TPSA) is 89.0 Å². The fourth-order valence-electron chi connectivity index (χ4n) is 3.48. The third-order valence-electron chi connectivity index (χ3n) is 5.09. The summed E-state index contributed by atoms with van der Waals surface area (Å²) in [5.41, 5.74) is 12.9. The molecule has 178 valence electrons. The number of nitrogen functional groups attached to an aromatic ring is 2. The molecule has 0 bridgehead atoms. The Bertz CT molecular complexity index is 1360. The summed E-state index contributed by atoms with van der Waals surface area (Å²) in [5, 5.41) is 0. The van der Waals surface area contributed by atoms with Gasteiger partial charge in [-0.1, -0.05) is 24.3 Å². The fraction of sp³-hybridized carbons (Fsp3) is 0. The Morgan fingerprint density at radius 3 is 0.917 bits per heavy atom. The average molecular weight is 477 g/mol. The van der Waals surface area contributed by atoms with Crippen molar-refractivity contribution in [1.29, 1.82) is 0 Å². The first-order valence-corrected chi connectivity index (χ1v) is 11.3. The molecule has 0 spiro atoms. The molecule has 0 atom stereocenters. The van der Waals surface area contributed by atoms with Crippen LogP contribution in [0, 0.1) is 0 Å². The lowest BCUT2D eigenvalue weighted by Crippen LogP contribution is -1.90. The Hall–Kier alpha value is -5.10. The van der Waals surface area contributed by atoms with E-state index in [1.807, 2.05) is 109 Å². The maximum Gasteiger partial charge on any atom is 0.131 e. The van der Waals surface area contributed by atoms with Gasteiger partial charge < -0.3 is 30.4 Å². The fourth-order valence-corrected chi connectivity index (χ4v) is 3.48. The molecule has 0 amide bonds. The van der Waals surface area contributed by atoms with Crippen LogP contribution in [0.1, 0.15) is 0 Å². The smallest absolute Gasteiger partial charge is 0.131 e. The number of hydrogen-bond acceptors (Lipinski definition) is 6. The maximum atomic E-state index is 5.99. The van der Waals surface area contributed by atoms with Crippen molar-refractivity contribution < 1.29 is 18.9 Å². The van der Waals surface area contributed by atoms with Gasteiger partial charge >= 0.3 is 0 Å². The van der Waals surface area contributed by atoms with E-state index in [1.165, 1.54) is 0 Å². The highest BCUT2D eigenvalue weighted by atomic mass is 16.5. The van der Waals surface area contributed by atoms with Crippen LogP contribution in [0.3, 0.4) is 0 Å². The second-order valence-electron chi connectivity index (χ2n) is 7.97. The molecular weight excluding hydrogens is 452 g/mol. The minimum Gasteiger partial charge on any atom is -0.457 e. The Morgan fingerprint density at radius 1 is 0.306 bits per heavy atom. The van der Waals surface area contributed by atoms with Gasteiger partial charge in [0.1, 0.15) is 46.0 Å². The Balaban J connectivity index is 1.22. The number of rotatable bonds is 8. The molecule has 5 aromatic carbocycles. The maximum absolute atomic E-state index is 5.99. The lowest BCUT2D eigenvalue weighted by Gasteiger charge is -2.11. The summed E-state index contributed by atoms with van der Waals surface area (Å²) in [4.78, 5) is 0. The van der Waals surface area contributed by atoms with Crippen LogP contribution in [0.4, 0.5) is 11.4 Å². The third-order valence-corrected chi connectivity index (χ3v) is 5.09. The zero-order valence-corrected chi connectivity index (χ0v) is 19.3. The van der Waals surface area contributed by atoms with E-state index in [0.717, 1.165) is 0 Å². The molecule has 5 aromatic rings. The van der Waals surface area contributed by atoms with Gasteiger partial charge in [-0.25, -0.2) is 0 Å². The summed E-state index contributed by atoms with van der Waals surface area (Å²) in [7, 11) is 0. The highest BCUT2D eigenvalue weighted by Gasteiger charge is 2.05. The van der Waals surface area contributed by atoms with Crippen LogP contribution in [0.15, 0.2) is 121 Å². The van der Waals surface area contributed by atoms with Crippen molar-refractivity contribution in [3.63, 3.8) is 0 Å². The quantitative estimate of drug-likeness (QED) is 0.220. The van der Waals surface area contributed by atoms with Crippen molar-refractivity contribution in [2.24, 2.45) is 0 Å². The van der Waals surface area contributed by atoms with Crippen molar-refractivity contribution in [2.75, 3.05) is 11.5 Å². The molecule has 6 nitrogen and oxygen atoms in total. The first kappa shape index (κ1) is 22.7. The normalized spacial score (nSPS) is 10.4. The van der Waals surface area contributed by atoms with Gasteiger partial charge in [0.15, 0.2) is 0 Å². The molecule has 0 aliphatic carbocycles. The molecule has 5 rings (SSSR count). The van der Waals surface area contributed by atoms with Crippen molar-refractivity contribution in [3.05, 3.63) is 121 Å². The van der Waals surface area contributed by atoms with Gasteiger partial charge in [0.25, 0.3) is 0 Å². The van der Waals surface area contributed by atoms with Gasteiger partial charge in [-0.3, -0.25) is 0 Å². The predicted octanol–water partition coefficient (Wildman–Crippen LogP) is 8.02. The lowest BCUT2D eigenvalue weighted by molar-refractivity contribution is 0.453. The Kier molecular flexibility index (Phi) is 6.58. The molecule has 0 aliphatic rings. The zero-order valence-electron chi connectivity index (χ0n) is 19.3. The summed E-state index contributed by atoms with van der Waals surface area (Å²) >= 11 is 0. The molecule has 0 saturated heterocycles. The SMILES string of the molecule is Nc1cccc(Oc2cccc(Oc3ccc(Oc4cccc(Oc5cccc(N)c5)c4)cc3)c2)c1. The van der Waals surface area contributed by atoms with Crippen LogP contribution in [0.5, 0.6) is 46.0 Å². The first-order chi connectivity index (χ1) is 17.6. The Morgan fingerprint density at radius 2 is 0.583 bits per heavy atom. The first-order valence-electron chi connectivity index (χ1n) is 11.3. The molecule has 0 aromatic heterocycles. The number of nitrogens with two attached hydrogens (primary N) is 2. The molecule has 0 aliphatic heterocycles. The molecule has 36 heavy (non-hydrogen) atoms. The van der Waals surface area contributed by atoms with Gasteiger partial charge in [0, 0.05) is 35.6 Å². The highest BCUT2D eigenvalue weighted by molar-refractivity contribution is 5.48. The summed E-state index contributed by atoms with van der Waals surface area (Å²) in [5.74, 6) is 5.26. The van der Waals surface area contributed by atoms with E-state index in [4.69, 9.17) is 30.4 Å². The van der Waals surface area contributed by atoms with Crippen LogP contribution in [0.2, 0.25) is 0 Å². The van der Waals surface area contributed by atoms with Gasteiger partial charge in [-0.15, -0.1) is 0 Å². The Labute approximate surface area is 209 Å². The van der Waals surface area contributed by atoms with Crippen LogP contribution in [0.25, 0.3) is 0 Å². The lowest BCUT2D eigenvalue weighted by atomic mass is 10.3. The standard InChI is InChI=1S/C30H24N2O4/c31-21-5-1-7-25(17-21)35-29-11-3-9-27(19-29)33-23-13-15-24(16-14-23)34-28-10-4-12-30(20-28)36-26-8-2-6-22(32)18-26/h1-20H,31-32H2. The second kappa shape index (κ2) is 10.4. The molecule has 0 saturated carbocycles. The van der Waals surface area contributed by atoms with Crippen LogP contribution in [-0.2, 0) is 0 Å². The van der Waals surface area contributed by atoms with Gasteiger partial charge in [-0.05, 0) is 72.8 Å². The molecule has 0 radical (unpaired) electrons. The molecule has 0 fully saturated rings. The van der Waals surface area contributed by atoms with Crippen molar-refractivity contribution in [3.8, 4) is 46.0 Å². The molecular formula is C30H24N2O4. The molecule has 0 unspecified atom stereocenters. The van der Waals surface area contributed by atoms with E-state index < -0.39 is 0 Å². The molecule has 6 heteroatoms. The number of benzene rings is 5. The molecule has 4 N–H and O–H groups in total. The largest absolute Gasteiger partial charge is 0.457 e. The van der Waals surface area contributed by atoms with E-state index >= 15 is 0 Å². The second-order valence-corrected chi connectivity index (χ2v) is 7.97. The monoisotopic (exact) mass is 476 g/mol. The van der Waals surface area contributed by atoms with Gasteiger partial charge in [0.05, 0.1) is 0 Å². The summed E-state index contributed by atoms with van der Waals surface area (Å²) in [6.07, 6.45) is 0. The van der Waals surface area contributed by atoms with Gasteiger partial charge in [0.2, 0.25) is 0 Å². The number of ether oxygens (including phenoxy) is 4. The van der Waals surface area contributed by atoms with E-state index in [9.17, 15) is 0 Å². The van der Waals surface area contributed by atoms with Crippen LogP contribution < -0.4 is 30.4 Å². The van der Waals surface area contributed by atoms with Crippen molar-refractivity contribution in [2.45, 2.75) is 0 Å². The zero-order chi connectivity index (χ0) is 24.7. The van der Waals surface area contributed by atoms with E-state index in [0.29, 0.717) is 57.4 Å². The minimum absolute atomic E-state index is 0.642. The summed E-state index contributed by atoms with van der Waals surface area (Å²) in [6, 6.07) is 36.7. The predicted molar refractivity (Wildman–Crippen MR) is 141 cm³/mol. The van der Waals surface area contributed by atoms with E-state index in [2.05, 4.69) is 0 Å². The highest BCUT2D eigenvalue weighted by Crippen LogP contribution is 2.32. The average Bonchev–Trinajstić information content (AvgIpc) is 2.86. The van der Waals surface area contributed by atoms with E-state index in [1.54, 1.807) is 12.1 Å². The van der Waals surface area contributed by atoms with Crippen LogP contribution in [-0.4, -0.2) is 0 Å². The van der Waals surface area contributed by atoms with Crippen molar-refractivity contribution in [1.82, 2.24) is 0 Å². The summed E-state index contributed by atoms with van der Waals surface area (Å²) in [6.45, 7) is 0. The van der Waals surface area contributed by atoms with E-state index in [-0.39, 0.29) is 0 Å². The third kappa shape index (κ3) is 6.07. The number of hydrogen-bond donors (Lipinski definition) is 2. The number of anilines is 2. The van der Waals surface area contributed by atoms with Gasteiger partial charge in [-0.2, -0.15) is 0 Å². The summed E-state index contributed by atoms with van der Waals surface area (Å²) < 4.78 is 23.7. The van der Waals surface area contributed by atoms with Crippen LogP contribution >= 0.6 is 0 Å².